The number of halogens is 1. The Labute approximate surface area is 158 Å². The largest absolute Gasteiger partial charge is 0.496 e. The zero-order valence-electron chi connectivity index (χ0n) is 15.7. The van der Waals surface area contributed by atoms with E-state index in [0.29, 0.717) is 22.4 Å². The number of hydrogen-bond acceptors (Lipinski definition) is 4. The Bertz CT molecular complexity index is 935. The molecule has 2 aromatic rings. The lowest BCUT2D eigenvalue weighted by Crippen LogP contribution is -2.34. The smallest absolute Gasteiger partial charge is 0.251 e. The van der Waals surface area contributed by atoms with Gasteiger partial charge in [-0.15, -0.1) is 0 Å². The molecule has 0 atom stereocenters. The summed E-state index contributed by atoms with van der Waals surface area (Å²) in [5.41, 5.74) is 2.06. The summed E-state index contributed by atoms with van der Waals surface area (Å²) in [5, 5.41) is 2.56. The van der Waals surface area contributed by atoms with Crippen LogP contribution in [0, 0.1) is 26.6 Å². The minimum Gasteiger partial charge on any atom is -0.496 e. The molecular formula is C19H23FN2O4S. The van der Waals surface area contributed by atoms with Crippen LogP contribution in [0.1, 0.15) is 27.0 Å². The lowest BCUT2D eigenvalue weighted by molar-refractivity contribution is 0.0954. The molecule has 2 rings (SSSR count). The molecule has 6 nitrogen and oxygen atoms in total. The van der Waals surface area contributed by atoms with Crippen LogP contribution in [0.4, 0.5) is 4.39 Å². The number of ether oxygens (including phenoxy) is 1. The van der Waals surface area contributed by atoms with Gasteiger partial charge in [-0.1, -0.05) is 6.07 Å². The highest BCUT2D eigenvalue weighted by Gasteiger charge is 2.17. The maximum atomic E-state index is 13.5. The van der Waals surface area contributed by atoms with Crippen molar-refractivity contribution in [2.75, 3.05) is 20.2 Å². The van der Waals surface area contributed by atoms with Crippen molar-refractivity contribution in [1.29, 1.82) is 0 Å². The van der Waals surface area contributed by atoms with Crippen LogP contribution in [0.3, 0.4) is 0 Å². The van der Waals surface area contributed by atoms with Crippen molar-refractivity contribution in [3.63, 3.8) is 0 Å². The summed E-state index contributed by atoms with van der Waals surface area (Å²) in [6, 6.07) is 7.24. The fraction of sp³-hybridized carbons (Fsp3) is 0.316. The molecule has 8 heteroatoms. The number of amides is 1. The van der Waals surface area contributed by atoms with Gasteiger partial charge in [0.05, 0.1) is 12.0 Å². The van der Waals surface area contributed by atoms with Gasteiger partial charge in [-0.25, -0.2) is 17.5 Å². The van der Waals surface area contributed by atoms with Crippen LogP contribution < -0.4 is 14.8 Å². The Hall–Kier alpha value is -2.45. The van der Waals surface area contributed by atoms with Crippen LogP contribution in [0.5, 0.6) is 5.75 Å². The molecular weight excluding hydrogens is 371 g/mol. The highest BCUT2D eigenvalue weighted by Crippen LogP contribution is 2.26. The summed E-state index contributed by atoms with van der Waals surface area (Å²) in [7, 11) is -2.19. The van der Waals surface area contributed by atoms with Crippen molar-refractivity contribution in [1.82, 2.24) is 10.0 Å². The number of hydrogen-bond donors (Lipinski definition) is 2. The molecule has 0 unspecified atom stereocenters. The van der Waals surface area contributed by atoms with Crippen molar-refractivity contribution >= 4 is 15.9 Å². The third-order valence-corrected chi connectivity index (χ3v) is 5.53. The average Bonchev–Trinajstić information content (AvgIpc) is 2.60. The van der Waals surface area contributed by atoms with E-state index in [1.807, 2.05) is 0 Å². The van der Waals surface area contributed by atoms with Crippen LogP contribution in [0.15, 0.2) is 35.2 Å². The third-order valence-electron chi connectivity index (χ3n) is 4.08. The molecule has 2 aromatic carbocycles. The minimum absolute atomic E-state index is 0.00649. The van der Waals surface area contributed by atoms with Crippen molar-refractivity contribution in [2.45, 2.75) is 25.7 Å². The molecule has 27 heavy (non-hydrogen) atoms. The second-order valence-electron chi connectivity index (χ2n) is 6.21. The van der Waals surface area contributed by atoms with E-state index in [-0.39, 0.29) is 23.5 Å². The van der Waals surface area contributed by atoms with Gasteiger partial charge in [0.2, 0.25) is 10.0 Å². The molecule has 0 aliphatic heterocycles. The summed E-state index contributed by atoms with van der Waals surface area (Å²) in [6.07, 6.45) is 0. The van der Waals surface area contributed by atoms with E-state index < -0.39 is 21.7 Å². The highest BCUT2D eigenvalue weighted by molar-refractivity contribution is 7.89. The highest BCUT2D eigenvalue weighted by atomic mass is 32.2. The fourth-order valence-electron chi connectivity index (χ4n) is 2.67. The number of methoxy groups -OCH3 is 1. The number of benzene rings is 2. The molecule has 2 N–H and O–H groups in total. The summed E-state index contributed by atoms with van der Waals surface area (Å²) in [4.78, 5) is 12.1. The average molecular weight is 394 g/mol. The zero-order valence-corrected chi connectivity index (χ0v) is 16.5. The molecule has 146 valence electrons. The normalized spacial score (nSPS) is 11.3. The summed E-state index contributed by atoms with van der Waals surface area (Å²) in [5.74, 6) is -0.288. The van der Waals surface area contributed by atoms with Gasteiger partial charge in [0.15, 0.2) is 0 Å². The summed E-state index contributed by atoms with van der Waals surface area (Å²) in [6.45, 7) is 5.22. The van der Waals surface area contributed by atoms with E-state index in [1.54, 1.807) is 20.8 Å². The van der Waals surface area contributed by atoms with Crippen LogP contribution in [0.2, 0.25) is 0 Å². The lowest BCUT2D eigenvalue weighted by atomic mass is 10.1. The van der Waals surface area contributed by atoms with E-state index in [9.17, 15) is 17.6 Å². The maximum Gasteiger partial charge on any atom is 0.251 e. The molecule has 0 bridgehead atoms. The van der Waals surface area contributed by atoms with E-state index in [4.69, 9.17) is 4.74 Å². The monoisotopic (exact) mass is 394 g/mol. The fourth-order valence-corrected chi connectivity index (χ4v) is 3.87. The standard InChI is InChI=1S/C19H23FN2O4S/c1-12-5-6-15(11-17(12)20)19(23)21-7-8-22-27(24,25)16-9-13(2)18(26-4)14(3)10-16/h5-6,9-11,22H,7-8H2,1-4H3,(H,21,23). The molecule has 0 heterocycles. The molecule has 1 amide bonds. The van der Waals surface area contributed by atoms with Crippen LogP contribution in [0.25, 0.3) is 0 Å². The van der Waals surface area contributed by atoms with Crippen molar-refractivity contribution < 1.29 is 22.3 Å². The molecule has 0 saturated carbocycles. The zero-order chi connectivity index (χ0) is 20.2. The Morgan fingerprint density at radius 2 is 1.67 bits per heavy atom. The van der Waals surface area contributed by atoms with Gasteiger partial charge in [0.1, 0.15) is 11.6 Å². The van der Waals surface area contributed by atoms with Gasteiger partial charge < -0.3 is 10.1 Å². The molecule has 0 aromatic heterocycles. The first-order valence-corrected chi connectivity index (χ1v) is 9.83. The molecule has 0 saturated heterocycles. The van der Waals surface area contributed by atoms with E-state index in [1.165, 1.54) is 31.4 Å². The third kappa shape index (κ3) is 5.05. The van der Waals surface area contributed by atoms with Gasteiger partial charge in [-0.2, -0.15) is 0 Å². The topological polar surface area (TPSA) is 84.5 Å². The quantitative estimate of drug-likeness (QED) is 0.707. The van der Waals surface area contributed by atoms with E-state index in [2.05, 4.69) is 10.0 Å². The number of rotatable bonds is 7. The van der Waals surface area contributed by atoms with Crippen LogP contribution in [-0.2, 0) is 10.0 Å². The molecule has 0 radical (unpaired) electrons. The first-order chi connectivity index (χ1) is 12.7. The molecule has 0 spiro atoms. The molecule has 0 aliphatic rings. The van der Waals surface area contributed by atoms with Gasteiger partial charge in [0.25, 0.3) is 5.91 Å². The second kappa shape index (κ2) is 8.49. The van der Waals surface area contributed by atoms with Crippen molar-refractivity contribution in [3.8, 4) is 5.75 Å². The van der Waals surface area contributed by atoms with Gasteiger partial charge >= 0.3 is 0 Å². The second-order valence-corrected chi connectivity index (χ2v) is 7.97. The Kier molecular flexibility index (Phi) is 6.56. The maximum absolute atomic E-state index is 13.5. The van der Waals surface area contributed by atoms with E-state index >= 15 is 0 Å². The first-order valence-electron chi connectivity index (χ1n) is 8.35. The Morgan fingerprint density at radius 1 is 1.04 bits per heavy atom. The Morgan fingerprint density at radius 3 is 2.22 bits per heavy atom. The van der Waals surface area contributed by atoms with Crippen LogP contribution >= 0.6 is 0 Å². The Balaban J connectivity index is 1.96. The number of carbonyl (C=O) groups excluding carboxylic acids is 1. The summed E-state index contributed by atoms with van der Waals surface area (Å²) < 4.78 is 46.0. The molecule has 0 aliphatic carbocycles. The predicted molar refractivity (Wildman–Crippen MR) is 101 cm³/mol. The number of aryl methyl sites for hydroxylation is 3. The van der Waals surface area contributed by atoms with Crippen molar-refractivity contribution in [3.05, 3.63) is 58.4 Å². The lowest BCUT2D eigenvalue weighted by Gasteiger charge is -2.13. The number of sulfonamides is 1. The predicted octanol–water partition coefficient (Wildman–Crippen LogP) is 2.47. The van der Waals surface area contributed by atoms with Gasteiger partial charge in [-0.3, -0.25) is 4.79 Å². The first kappa shape index (κ1) is 20.9. The van der Waals surface area contributed by atoms with Gasteiger partial charge in [-0.05, 0) is 61.7 Å². The van der Waals surface area contributed by atoms with Crippen LogP contribution in [-0.4, -0.2) is 34.5 Å². The van der Waals surface area contributed by atoms with Crippen molar-refractivity contribution in [2.24, 2.45) is 0 Å². The minimum atomic E-state index is -3.72. The molecule has 0 fully saturated rings. The number of nitrogens with one attached hydrogen (secondary N) is 2. The SMILES string of the molecule is COc1c(C)cc(S(=O)(=O)NCCNC(=O)c2ccc(C)c(F)c2)cc1C. The number of carbonyl (C=O) groups is 1. The van der Waals surface area contributed by atoms with Gasteiger partial charge in [0, 0.05) is 18.7 Å². The summed E-state index contributed by atoms with van der Waals surface area (Å²) >= 11 is 0. The van der Waals surface area contributed by atoms with E-state index in [0.717, 1.165) is 6.07 Å².